The van der Waals surface area contributed by atoms with Gasteiger partial charge in [0, 0.05) is 55.2 Å². The van der Waals surface area contributed by atoms with Crippen molar-refractivity contribution in [3.63, 3.8) is 0 Å². The fourth-order valence-electron chi connectivity index (χ4n) is 4.11. The molecule has 3 N–H and O–H groups in total. The molecule has 1 aliphatic rings. The maximum atomic E-state index is 13.1. The Balaban J connectivity index is 1.75. The van der Waals surface area contributed by atoms with Crippen LogP contribution in [0.15, 0.2) is 35.1 Å². The normalized spacial score (nSPS) is 17.2. The standard InChI is InChI=1S/C23H29BrN6O5/c1-15-7-20(13-29(15)23(32)17-9-19(25-2)12-27-11-17)28-22-16(3-5-35-6-4-26-14-31)8-18(24)10-21(22)30(33)34/h8-12,14-15,20,25,28H,3-7,13H2,1-2H3,(H,26,31)/t15-,20?/m1/s1. The van der Waals surface area contributed by atoms with Gasteiger partial charge in [-0.1, -0.05) is 15.9 Å². The molecule has 1 fully saturated rings. The highest BCUT2D eigenvalue weighted by atomic mass is 79.9. The number of nitro groups is 1. The van der Waals surface area contributed by atoms with E-state index in [1.807, 2.05) is 13.0 Å². The van der Waals surface area contributed by atoms with E-state index in [1.54, 1.807) is 30.4 Å². The first-order chi connectivity index (χ1) is 16.8. The van der Waals surface area contributed by atoms with Crippen LogP contribution in [0.5, 0.6) is 0 Å². The summed E-state index contributed by atoms with van der Waals surface area (Å²) >= 11 is 3.36. The molecule has 2 aromatic rings. The van der Waals surface area contributed by atoms with E-state index in [0.29, 0.717) is 61.3 Å². The molecule has 11 nitrogen and oxygen atoms in total. The van der Waals surface area contributed by atoms with Crippen molar-refractivity contribution in [2.24, 2.45) is 0 Å². The highest BCUT2D eigenvalue weighted by Crippen LogP contribution is 2.35. The Morgan fingerprint density at radius 3 is 2.86 bits per heavy atom. The molecule has 2 amide bonds. The van der Waals surface area contributed by atoms with E-state index in [-0.39, 0.29) is 23.7 Å². The Kier molecular flexibility index (Phi) is 9.38. The second-order valence-corrected chi connectivity index (χ2v) is 9.16. The van der Waals surface area contributed by atoms with Crippen LogP contribution in [0, 0.1) is 10.1 Å². The third kappa shape index (κ3) is 6.89. The van der Waals surface area contributed by atoms with Crippen LogP contribution in [0.3, 0.4) is 0 Å². The summed E-state index contributed by atoms with van der Waals surface area (Å²) in [4.78, 5) is 40.8. The molecule has 1 aliphatic heterocycles. The minimum atomic E-state index is -0.415. The number of ether oxygens (including phenoxy) is 1. The minimum Gasteiger partial charge on any atom is -0.387 e. The lowest BCUT2D eigenvalue weighted by molar-refractivity contribution is -0.384. The summed E-state index contributed by atoms with van der Waals surface area (Å²) in [5, 5.41) is 20.7. The van der Waals surface area contributed by atoms with Gasteiger partial charge >= 0.3 is 0 Å². The predicted molar refractivity (Wildman–Crippen MR) is 136 cm³/mol. The zero-order valence-corrected chi connectivity index (χ0v) is 21.2. The lowest BCUT2D eigenvalue weighted by Crippen LogP contribution is -2.35. The number of rotatable bonds is 12. The summed E-state index contributed by atoms with van der Waals surface area (Å²) in [5.41, 5.74) is 2.36. The second-order valence-electron chi connectivity index (χ2n) is 8.25. The minimum absolute atomic E-state index is 0.0413. The van der Waals surface area contributed by atoms with Crippen molar-refractivity contribution >= 4 is 45.3 Å². The third-order valence-electron chi connectivity index (χ3n) is 5.81. The monoisotopic (exact) mass is 548 g/mol. The Morgan fingerprint density at radius 2 is 2.14 bits per heavy atom. The maximum absolute atomic E-state index is 13.1. The van der Waals surface area contributed by atoms with E-state index in [0.717, 1.165) is 11.3 Å². The van der Waals surface area contributed by atoms with E-state index in [2.05, 4.69) is 36.9 Å². The lowest BCUT2D eigenvalue weighted by atomic mass is 10.1. The van der Waals surface area contributed by atoms with Crippen LogP contribution in [-0.2, 0) is 16.0 Å². The lowest BCUT2D eigenvalue weighted by Gasteiger charge is -2.22. The average molecular weight is 549 g/mol. The molecule has 0 saturated carbocycles. The predicted octanol–water partition coefficient (Wildman–Crippen LogP) is 2.81. The SMILES string of the molecule is CNc1cncc(C(=O)N2CC(Nc3c(CCOCCNC=O)cc(Br)cc3[N+](=O)[O-])C[C@H]2C)c1. The number of carbonyl (C=O) groups is 2. The molecule has 0 radical (unpaired) electrons. The van der Waals surface area contributed by atoms with Crippen molar-refractivity contribution in [1.29, 1.82) is 0 Å². The van der Waals surface area contributed by atoms with Crippen LogP contribution in [0.2, 0.25) is 0 Å². The van der Waals surface area contributed by atoms with Crippen LogP contribution >= 0.6 is 15.9 Å². The number of likely N-dealkylation sites (tertiary alicyclic amines) is 1. The number of aromatic nitrogens is 1. The van der Waals surface area contributed by atoms with Gasteiger partial charge in [0.25, 0.3) is 11.6 Å². The number of carbonyl (C=O) groups excluding carboxylic acids is 2. The molecule has 1 aromatic carbocycles. The van der Waals surface area contributed by atoms with Gasteiger partial charge < -0.3 is 25.6 Å². The van der Waals surface area contributed by atoms with Gasteiger partial charge in [-0.05, 0) is 37.5 Å². The number of hydrogen-bond donors (Lipinski definition) is 3. The number of hydrogen-bond acceptors (Lipinski definition) is 8. The summed E-state index contributed by atoms with van der Waals surface area (Å²) in [7, 11) is 1.76. The maximum Gasteiger partial charge on any atom is 0.293 e. The highest BCUT2D eigenvalue weighted by molar-refractivity contribution is 9.10. The number of amides is 2. The fourth-order valence-corrected chi connectivity index (χ4v) is 4.60. The van der Waals surface area contributed by atoms with Gasteiger partial charge in [-0.3, -0.25) is 24.7 Å². The topological polar surface area (TPSA) is 139 Å². The van der Waals surface area contributed by atoms with Crippen LogP contribution in [0.25, 0.3) is 0 Å². The van der Waals surface area contributed by atoms with E-state index in [1.165, 1.54) is 6.07 Å². The number of pyridine rings is 1. The van der Waals surface area contributed by atoms with E-state index in [9.17, 15) is 19.7 Å². The molecule has 1 aromatic heterocycles. The first-order valence-electron chi connectivity index (χ1n) is 11.3. The van der Waals surface area contributed by atoms with Crippen molar-refractivity contribution in [2.75, 3.05) is 44.0 Å². The number of anilines is 2. The molecule has 1 unspecified atom stereocenters. The van der Waals surface area contributed by atoms with Gasteiger partial charge in [0.05, 0.1) is 29.4 Å². The molecule has 0 spiro atoms. The molecule has 0 aliphatic carbocycles. The second kappa shape index (κ2) is 12.5. The van der Waals surface area contributed by atoms with Crippen molar-refractivity contribution in [2.45, 2.75) is 31.8 Å². The quantitative estimate of drug-likeness (QED) is 0.159. The largest absolute Gasteiger partial charge is 0.387 e. The third-order valence-corrected chi connectivity index (χ3v) is 6.27. The number of benzene rings is 1. The molecular formula is C23H29BrN6O5. The highest BCUT2D eigenvalue weighted by Gasteiger charge is 2.34. The Bertz CT molecular complexity index is 1070. The van der Waals surface area contributed by atoms with Crippen molar-refractivity contribution < 1.29 is 19.2 Å². The Morgan fingerprint density at radius 1 is 1.34 bits per heavy atom. The Hall–Kier alpha value is -3.25. The van der Waals surface area contributed by atoms with Crippen molar-refractivity contribution in [1.82, 2.24) is 15.2 Å². The average Bonchev–Trinajstić information content (AvgIpc) is 3.21. The van der Waals surface area contributed by atoms with Crippen molar-refractivity contribution in [3.05, 3.63) is 56.3 Å². The summed E-state index contributed by atoms with van der Waals surface area (Å²) in [5.74, 6) is -0.130. The zero-order valence-electron chi connectivity index (χ0n) is 19.6. The summed E-state index contributed by atoms with van der Waals surface area (Å²) in [6.45, 7) is 3.45. The molecule has 35 heavy (non-hydrogen) atoms. The number of halogens is 1. The molecular weight excluding hydrogens is 520 g/mol. The number of nitrogens with zero attached hydrogens (tertiary/aromatic N) is 3. The number of nitrogens with one attached hydrogen (secondary N) is 3. The molecule has 2 heterocycles. The molecule has 0 bridgehead atoms. The van der Waals surface area contributed by atoms with Gasteiger partial charge in [0.2, 0.25) is 6.41 Å². The van der Waals surface area contributed by atoms with Gasteiger partial charge in [-0.2, -0.15) is 0 Å². The van der Waals surface area contributed by atoms with E-state index < -0.39 is 4.92 Å². The van der Waals surface area contributed by atoms with E-state index >= 15 is 0 Å². The molecule has 2 atom stereocenters. The summed E-state index contributed by atoms with van der Waals surface area (Å²) in [6, 6.07) is 4.84. The van der Waals surface area contributed by atoms with Gasteiger partial charge in [0.15, 0.2) is 0 Å². The summed E-state index contributed by atoms with van der Waals surface area (Å²) in [6.07, 6.45) is 4.88. The van der Waals surface area contributed by atoms with Crippen molar-refractivity contribution in [3.8, 4) is 0 Å². The smallest absolute Gasteiger partial charge is 0.293 e. The first kappa shape index (κ1) is 26.4. The molecule has 12 heteroatoms. The van der Waals surface area contributed by atoms with Gasteiger partial charge in [-0.15, -0.1) is 0 Å². The summed E-state index contributed by atoms with van der Waals surface area (Å²) < 4.78 is 6.14. The van der Waals surface area contributed by atoms with Crippen LogP contribution in [-0.4, -0.2) is 72.6 Å². The van der Waals surface area contributed by atoms with Crippen LogP contribution < -0.4 is 16.0 Å². The Labute approximate surface area is 211 Å². The van der Waals surface area contributed by atoms with Gasteiger partial charge in [-0.25, -0.2) is 0 Å². The molecule has 1 saturated heterocycles. The van der Waals surface area contributed by atoms with Crippen LogP contribution in [0.4, 0.5) is 17.1 Å². The van der Waals surface area contributed by atoms with Gasteiger partial charge in [0.1, 0.15) is 5.69 Å². The zero-order chi connectivity index (χ0) is 25.4. The first-order valence-corrected chi connectivity index (χ1v) is 12.0. The molecule has 3 rings (SSSR count). The fraction of sp³-hybridized carbons (Fsp3) is 0.435. The van der Waals surface area contributed by atoms with E-state index in [4.69, 9.17) is 4.74 Å². The number of nitro benzene ring substituents is 1. The molecule has 188 valence electrons. The van der Waals surface area contributed by atoms with Crippen LogP contribution in [0.1, 0.15) is 29.3 Å².